The van der Waals surface area contributed by atoms with Crippen molar-refractivity contribution in [2.75, 3.05) is 13.2 Å². The average molecular weight is 233 g/mol. The molecule has 5 heteroatoms. The van der Waals surface area contributed by atoms with Gasteiger partial charge in [0.05, 0.1) is 18.6 Å². The summed E-state index contributed by atoms with van der Waals surface area (Å²) in [5.74, 6) is -1.05. The van der Waals surface area contributed by atoms with E-state index in [9.17, 15) is 4.79 Å². The molecule has 0 rings (SSSR count). The molecule has 0 saturated carbocycles. The van der Waals surface area contributed by atoms with Gasteiger partial charge in [-0.25, -0.2) is 0 Å². The number of carboxylic acid groups (broad SMARTS) is 1. The lowest BCUT2D eigenvalue weighted by molar-refractivity contribution is -0.141. The summed E-state index contributed by atoms with van der Waals surface area (Å²) in [4.78, 5) is 10.6. The van der Waals surface area contributed by atoms with Crippen LogP contribution < -0.4 is 5.32 Å². The van der Waals surface area contributed by atoms with E-state index in [1.54, 1.807) is 6.92 Å². The maximum atomic E-state index is 10.6. The number of aliphatic hydroxyl groups excluding tert-OH is 2. The minimum absolute atomic E-state index is 0.224. The Hall–Kier alpha value is -0.650. The van der Waals surface area contributed by atoms with Crippen LogP contribution in [0.4, 0.5) is 0 Å². The van der Waals surface area contributed by atoms with Crippen LogP contribution in [0.15, 0.2) is 0 Å². The lowest BCUT2D eigenvalue weighted by Gasteiger charge is -2.16. The van der Waals surface area contributed by atoms with Crippen LogP contribution in [-0.2, 0) is 4.79 Å². The zero-order valence-electron chi connectivity index (χ0n) is 10.0. The second-order valence-electron chi connectivity index (χ2n) is 4.32. The van der Waals surface area contributed by atoms with Gasteiger partial charge in [0.2, 0.25) is 0 Å². The van der Waals surface area contributed by atoms with Gasteiger partial charge in [0, 0.05) is 12.6 Å². The van der Waals surface area contributed by atoms with Crippen molar-refractivity contribution in [3.63, 3.8) is 0 Å². The third-order valence-corrected chi connectivity index (χ3v) is 2.61. The first-order valence-electron chi connectivity index (χ1n) is 5.72. The Kier molecular flexibility index (Phi) is 8.15. The van der Waals surface area contributed by atoms with E-state index < -0.39 is 12.1 Å². The molecule has 3 unspecified atom stereocenters. The van der Waals surface area contributed by atoms with Crippen molar-refractivity contribution in [3.05, 3.63) is 0 Å². The Labute approximate surface area is 96.5 Å². The molecule has 0 saturated heterocycles. The molecule has 0 heterocycles. The van der Waals surface area contributed by atoms with Gasteiger partial charge in [0.25, 0.3) is 0 Å². The van der Waals surface area contributed by atoms with E-state index in [0.717, 1.165) is 12.8 Å². The summed E-state index contributed by atoms with van der Waals surface area (Å²) >= 11 is 0. The molecule has 96 valence electrons. The summed E-state index contributed by atoms with van der Waals surface area (Å²) in [7, 11) is 0. The van der Waals surface area contributed by atoms with Crippen LogP contribution in [0.2, 0.25) is 0 Å². The SMILES string of the molecule is CC(CCCC(C)C(=O)O)NCC(O)CO. The van der Waals surface area contributed by atoms with E-state index in [1.165, 1.54) is 0 Å². The van der Waals surface area contributed by atoms with Gasteiger partial charge >= 0.3 is 5.97 Å². The monoisotopic (exact) mass is 233 g/mol. The summed E-state index contributed by atoms with van der Waals surface area (Å²) in [6, 6.07) is 0.224. The first kappa shape index (κ1) is 15.3. The van der Waals surface area contributed by atoms with Crippen LogP contribution in [0, 0.1) is 5.92 Å². The van der Waals surface area contributed by atoms with Crippen LogP contribution in [0.5, 0.6) is 0 Å². The molecule has 0 spiro atoms. The third-order valence-electron chi connectivity index (χ3n) is 2.61. The van der Waals surface area contributed by atoms with Crippen molar-refractivity contribution in [1.82, 2.24) is 5.32 Å². The Balaban J connectivity index is 3.50. The molecule has 0 aliphatic carbocycles. The van der Waals surface area contributed by atoms with Crippen molar-refractivity contribution in [2.45, 2.75) is 45.3 Å². The number of aliphatic carboxylic acids is 1. The number of nitrogens with one attached hydrogen (secondary N) is 1. The first-order chi connectivity index (χ1) is 7.47. The highest BCUT2D eigenvalue weighted by Gasteiger charge is 2.11. The number of carbonyl (C=O) groups is 1. The Morgan fingerprint density at radius 1 is 1.31 bits per heavy atom. The minimum Gasteiger partial charge on any atom is -0.481 e. The quantitative estimate of drug-likeness (QED) is 0.457. The van der Waals surface area contributed by atoms with Gasteiger partial charge in [0.15, 0.2) is 0 Å². The Morgan fingerprint density at radius 2 is 1.94 bits per heavy atom. The summed E-state index contributed by atoms with van der Waals surface area (Å²) in [6.07, 6.45) is 1.66. The molecule has 5 nitrogen and oxygen atoms in total. The number of aliphatic hydroxyl groups is 2. The predicted molar refractivity (Wildman–Crippen MR) is 61.2 cm³/mol. The number of hydrogen-bond acceptors (Lipinski definition) is 4. The predicted octanol–water partition coefficient (Wildman–Crippen LogP) is 0.209. The Bertz CT molecular complexity index is 198. The largest absolute Gasteiger partial charge is 0.481 e. The van der Waals surface area contributed by atoms with Crippen LogP contribution in [0.1, 0.15) is 33.1 Å². The van der Waals surface area contributed by atoms with Gasteiger partial charge in [-0.3, -0.25) is 4.79 Å². The van der Waals surface area contributed by atoms with Gasteiger partial charge < -0.3 is 20.6 Å². The van der Waals surface area contributed by atoms with Crippen molar-refractivity contribution >= 4 is 5.97 Å². The second kappa shape index (κ2) is 8.50. The van der Waals surface area contributed by atoms with E-state index in [0.29, 0.717) is 13.0 Å². The molecule has 0 amide bonds. The molecule has 0 aromatic rings. The smallest absolute Gasteiger partial charge is 0.306 e. The highest BCUT2D eigenvalue weighted by molar-refractivity contribution is 5.69. The van der Waals surface area contributed by atoms with E-state index in [2.05, 4.69) is 5.32 Å². The van der Waals surface area contributed by atoms with E-state index in [4.69, 9.17) is 15.3 Å². The van der Waals surface area contributed by atoms with Gasteiger partial charge in [-0.1, -0.05) is 13.3 Å². The Morgan fingerprint density at radius 3 is 2.44 bits per heavy atom. The van der Waals surface area contributed by atoms with Crippen molar-refractivity contribution in [1.29, 1.82) is 0 Å². The molecule has 0 aromatic carbocycles. The second-order valence-corrected chi connectivity index (χ2v) is 4.32. The summed E-state index contributed by atoms with van der Waals surface area (Å²) in [6.45, 7) is 3.81. The van der Waals surface area contributed by atoms with Crippen LogP contribution in [0.3, 0.4) is 0 Å². The topological polar surface area (TPSA) is 89.8 Å². The molecular formula is C11H23NO4. The molecule has 0 fully saturated rings. The fourth-order valence-electron chi connectivity index (χ4n) is 1.36. The van der Waals surface area contributed by atoms with Gasteiger partial charge in [-0.2, -0.15) is 0 Å². The number of rotatable bonds is 9. The number of hydrogen-bond donors (Lipinski definition) is 4. The molecular weight excluding hydrogens is 210 g/mol. The van der Waals surface area contributed by atoms with Gasteiger partial charge in [-0.05, 0) is 19.8 Å². The van der Waals surface area contributed by atoms with Crippen LogP contribution in [-0.4, -0.2) is 46.6 Å². The van der Waals surface area contributed by atoms with Gasteiger partial charge in [0.1, 0.15) is 0 Å². The maximum Gasteiger partial charge on any atom is 0.306 e. The fraction of sp³-hybridized carbons (Fsp3) is 0.909. The number of carboxylic acids is 1. The van der Waals surface area contributed by atoms with Crippen LogP contribution in [0.25, 0.3) is 0 Å². The van der Waals surface area contributed by atoms with E-state index >= 15 is 0 Å². The molecule has 0 aromatic heterocycles. The average Bonchev–Trinajstić information content (AvgIpc) is 2.25. The van der Waals surface area contributed by atoms with Crippen molar-refractivity contribution < 1.29 is 20.1 Å². The summed E-state index contributed by atoms with van der Waals surface area (Å²) < 4.78 is 0. The molecule has 4 N–H and O–H groups in total. The van der Waals surface area contributed by atoms with Crippen molar-refractivity contribution in [2.24, 2.45) is 5.92 Å². The first-order valence-corrected chi connectivity index (χ1v) is 5.72. The minimum atomic E-state index is -0.753. The summed E-state index contributed by atoms with van der Waals surface area (Å²) in [5, 5.41) is 29.5. The highest BCUT2D eigenvalue weighted by atomic mass is 16.4. The molecule has 0 aliphatic rings. The fourth-order valence-corrected chi connectivity index (χ4v) is 1.36. The van der Waals surface area contributed by atoms with E-state index in [-0.39, 0.29) is 18.6 Å². The lowest BCUT2D eigenvalue weighted by atomic mass is 10.0. The highest BCUT2D eigenvalue weighted by Crippen LogP contribution is 2.09. The van der Waals surface area contributed by atoms with E-state index in [1.807, 2.05) is 6.92 Å². The summed E-state index contributed by atoms with van der Waals surface area (Å²) in [5.41, 5.74) is 0. The molecule has 0 aliphatic heterocycles. The van der Waals surface area contributed by atoms with Crippen molar-refractivity contribution in [3.8, 4) is 0 Å². The van der Waals surface area contributed by atoms with Gasteiger partial charge in [-0.15, -0.1) is 0 Å². The standard InChI is InChI=1S/C11H23NO4/c1-8(11(15)16)4-3-5-9(2)12-6-10(14)7-13/h8-10,12-14H,3-7H2,1-2H3,(H,15,16). The normalized spacial score (nSPS) is 16.8. The molecule has 0 radical (unpaired) electrons. The maximum absolute atomic E-state index is 10.6. The molecule has 3 atom stereocenters. The lowest BCUT2D eigenvalue weighted by Crippen LogP contribution is -2.35. The molecule has 0 bridgehead atoms. The van der Waals surface area contributed by atoms with Crippen LogP contribution >= 0.6 is 0 Å². The molecule has 16 heavy (non-hydrogen) atoms. The zero-order chi connectivity index (χ0) is 12.6. The zero-order valence-corrected chi connectivity index (χ0v) is 10.0. The third kappa shape index (κ3) is 7.62.